The minimum Gasteiger partial charge on any atom is -0.463 e. The first-order chi connectivity index (χ1) is 10.2. The van der Waals surface area contributed by atoms with Gasteiger partial charge in [0.15, 0.2) is 0 Å². The second kappa shape index (κ2) is 7.97. The van der Waals surface area contributed by atoms with Crippen molar-refractivity contribution in [1.82, 2.24) is 15.0 Å². The number of ether oxygens (including phenoxy) is 2. The molecule has 1 unspecified atom stereocenters. The monoisotopic (exact) mass is 295 g/mol. The molecule has 1 aliphatic heterocycles. The van der Waals surface area contributed by atoms with Gasteiger partial charge >= 0.3 is 6.01 Å². The molecule has 0 spiro atoms. The molecule has 1 saturated heterocycles. The van der Waals surface area contributed by atoms with Crippen LogP contribution in [0.4, 0.5) is 11.9 Å². The van der Waals surface area contributed by atoms with Gasteiger partial charge < -0.3 is 19.7 Å². The maximum Gasteiger partial charge on any atom is 0.323 e. The molecule has 1 atom stereocenters. The van der Waals surface area contributed by atoms with Crippen molar-refractivity contribution < 1.29 is 9.47 Å². The van der Waals surface area contributed by atoms with E-state index in [2.05, 4.69) is 27.2 Å². The standard InChI is InChI=1S/C14H25N5O2/c1-4-8-21-14-17-12(15-5-2)16-13(18-14)19(3)10-11-7-6-9-20-11/h11H,4-10H2,1-3H3,(H,15,16,17,18). The van der Waals surface area contributed by atoms with E-state index in [1.165, 1.54) is 0 Å². The lowest BCUT2D eigenvalue weighted by molar-refractivity contribution is 0.116. The molecule has 1 aliphatic rings. The van der Waals surface area contributed by atoms with Crippen LogP contribution in [0.2, 0.25) is 0 Å². The van der Waals surface area contributed by atoms with E-state index < -0.39 is 0 Å². The van der Waals surface area contributed by atoms with Crippen LogP contribution in [0, 0.1) is 0 Å². The first kappa shape index (κ1) is 15.8. The highest BCUT2D eigenvalue weighted by atomic mass is 16.5. The van der Waals surface area contributed by atoms with Gasteiger partial charge in [-0.25, -0.2) is 0 Å². The van der Waals surface area contributed by atoms with Crippen LogP contribution in [-0.4, -0.2) is 54.4 Å². The van der Waals surface area contributed by atoms with E-state index in [1.54, 1.807) is 0 Å². The Bertz CT molecular complexity index is 437. The van der Waals surface area contributed by atoms with Crippen LogP contribution in [-0.2, 0) is 4.74 Å². The average Bonchev–Trinajstić information content (AvgIpc) is 2.98. The first-order valence-corrected chi connectivity index (χ1v) is 7.68. The lowest BCUT2D eigenvalue weighted by Crippen LogP contribution is -2.30. The molecule has 118 valence electrons. The number of anilines is 2. The van der Waals surface area contributed by atoms with Crippen molar-refractivity contribution in [2.75, 3.05) is 43.6 Å². The van der Waals surface area contributed by atoms with E-state index in [0.717, 1.165) is 39.0 Å². The van der Waals surface area contributed by atoms with Gasteiger partial charge in [0.25, 0.3) is 0 Å². The number of likely N-dealkylation sites (N-methyl/N-ethyl adjacent to an activating group) is 1. The molecule has 1 fully saturated rings. The summed E-state index contributed by atoms with van der Waals surface area (Å²) < 4.78 is 11.2. The van der Waals surface area contributed by atoms with Crippen molar-refractivity contribution in [3.8, 4) is 6.01 Å². The van der Waals surface area contributed by atoms with Gasteiger partial charge in [0.05, 0.1) is 12.7 Å². The molecule has 21 heavy (non-hydrogen) atoms. The fourth-order valence-electron chi connectivity index (χ4n) is 2.19. The van der Waals surface area contributed by atoms with E-state index in [-0.39, 0.29) is 6.10 Å². The summed E-state index contributed by atoms with van der Waals surface area (Å²) in [5.74, 6) is 1.16. The van der Waals surface area contributed by atoms with Crippen molar-refractivity contribution in [3.05, 3.63) is 0 Å². The average molecular weight is 295 g/mol. The van der Waals surface area contributed by atoms with Gasteiger partial charge in [-0.3, -0.25) is 0 Å². The first-order valence-electron chi connectivity index (χ1n) is 7.68. The third-order valence-electron chi connectivity index (χ3n) is 3.22. The third kappa shape index (κ3) is 4.70. The second-order valence-electron chi connectivity index (χ2n) is 5.14. The Morgan fingerprint density at radius 2 is 2.19 bits per heavy atom. The zero-order valence-electron chi connectivity index (χ0n) is 13.1. The van der Waals surface area contributed by atoms with E-state index in [0.29, 0.717) is 24.5 Å². The Labute approximate surface area is 126 Å². The number of hydrogen-bond donors (Lipinski definition) is 1. The van der Waals surface area contributed by atoms with E-state index in [4.69, 9.17) is 9.47 Å². The molecule has 1 aromatic heterocycles. The summed E-state index contributed by atoms with van der Waals surface area (Å²) in [5.41, 5.74) is 0. The number of rotatable bonds is 8. The second-order valence-corrected chi connectivity index (χ2v) is 5.14. The van der Waals surface area contributed by atoms with Gasteiger partial charge in [0.2, 0.25) is 11.9 Å². The predicted molar refractivity (Wildman–Crippen MR) is 82.0 cm³/mol. The van der Waals surface area contributed by atoms with Crippen molar-refractivity contribution >= 4 is 11.9 Å². The minimum atomic E-state index is 0.259. The van der Waals surface area contributed by atoms with Crippen LogP contribution in [0.25, 0.3) is 0 Å². The van der Waals surface area contributed by atoms with Crippen molar-refractivity contribution in [2.24, 2.45) is 0 Å². The van der Waals surface area contributed by atoms with Gasteiger partial charge in [-0.1, -0.05) is 6.92 Å². The van der Waals surface area contributed by atoms with Crippen LogP contribution in [0.5, 0.6) is 6.01 Å². The molecule has 0 saturated carbocycles. The molecule has 0 radical (unpaired) electrons. The van der Waals surface area contributed by atoms with E-state index in [1.807, 2.05) is 18.9 Å². The molecule has 7 heteroatoms. The summed E-state index contributed by atoms with van der Waals surface area (Å²) >= 11 is 0. The van der Waals surface area contributed by atoms with Crippen LogP contribution < -0.4 is 15.0 Å². The highest BCUT2D eigenvalue weighted by Crippen LogP contribution is 2.18. The van der Waals surface area contributed by atoms with Crippen LogP contribution in [0.15, 0.2) is 0 Å². The summed E-state index contributed by atoms with van der Waals surface area (Å²) in [6, 6.07) is 0.372. The number of nitrogens with one attached hydrogen (secondary N) is 1. The maximum atomic E-state index is 5.66. The molecule has 1 aromatic rings. The van der Waals surface area contributed by atoms with Gasteiger partial charge in [-0.05, 0) is 26.2 Å². The summed E-state index contributed by atoms with van der Waals surface area (Å²) in [6.07, 6.45) is 3.40. The van der Waals surface area contributed by atoms with E-state index >= 15 is 0 Å². The fraction of sp³-hybridized carbons (Fsp3) is 0.786. The van der Waals surface area contributed by atoms with Crippen LogP contribution in [0.1, 0.15) is 33.1 Å². The molecule has 2 rings (SSSR count). The topological polar surface area (TPSA) is 72.4 Å². The van der Waals surface area contributed by atoms with Crippen LogP contribution >= 0.6 is 0 Å². The Morgan fingerprint density at radius 3 is 2.86 bits per heavy atom. The largest absolute Gasteiger partial charge is 0.463 e. The Morgan fingerprint density at radius 1 is 1.33 bits per heavy atom. The summed E-state index contributed by atoms with van der Waals surface area (Å²) in [7, 11) is 1.97. The molecule has 2 heterocycles. The number of hydrogen-bond acceptors (Lipinski definition) is 7. The van der Waals surface area contributed by atoms with Gasteiger partial charge in [0, 0.05) is 26.7 Å². The highest BCUT2D eigenvalue weighted by Gasteiger charge is 2.19. The maximum absolute atomic E-state index is 5.66. The normalized spacial score (nSPS) is 17.8. The van der Waals surface area contributed by atoms with E-state index in [9.17, 15) is 0 Å². The smallest absolute Gasteiger partial charge is 0.323 e. The van der Waals surface area contributed by atoms with Crippen molar-refractivity contribution in [3.63, 3.8) is 0 Å². The lowest BCUT2D eigenvalue weighted by atomic mass is 10.2. The zero-order chi connectivity index (χ0) is 15.1. The van der Waals surface area contributed by atoms with Crippen molar-refractivity contribution in [1.29, 1.82) is 0 Å². The molecular formula is C14H25N5O2. The predicted octanol–water partition coefficient (Wildman–Crippen LogP) is 1.71. The molecular weight excluding hydrogens is 270 g/mol. The summed E-state index contributed by atoms with van der Waals surface area (Å²) in [4.78, 5) is 15.1. The number of nitrogens with zero attached hydrogens (tertiary/aromatic N) is 4. The lowest BCUT2D eigenvalue weighted by Gasteiger charge is -2.21. The zero-order valence-corrected chi connectivity index (χ0v) is 13.1. The molecule has 7 nitrogen and oxygen atoms in total. The molecule has 0 amide bonds. The minimum absolute atomic E-state index is 0.259. The van der Waals surface area contributed by atoms with Crippen LogP contribution in [0.3, 0.4) is 0 Å². The Hall–Kier alpha value is -1.63. The molecule has 1 N–H and O–H groups in total. The van der Waals surface area contributed by atoms with Gasteiger partial charge in [-0.2, -0.15) is 15.0 Å². The quantitative estimate of drug-likeness (QED) is 0.782. The number of aromatic nitrogens is 3. The fourth-order valence-corrected chi connectivity index (χ4v) is 2.19. The van der Waals surface area contributed by atoms with Crippen molar-refractivity contribution in [2.45, 2.75) is 39.2 Å². The Balaban J connectivity index is 2.09. The highest BCUT2D eigenvalue weighted by molar-refractivity contribution is 5.37. The molecule has 0 aliphatic carbocycles. The SMILES string of the molecule is CCCOc1nc(NCC)nc(N(C)CC2CCCO2)n1. The molecule has 0 aromatic carbocycles. The van der Waals surface area contributed by atoms with Gasteiger partial charge in [-0.15, -0.1) is 0 Å². The third-order valence-corrected chi connectivity index (χ3v) is 3.22. The Kier molecular flexibility index (Phi) is 5.98. The summed E-state index contributed by atoms with van der Waals surface area (Å²) in [6.45, 7) is 7.05. The molecule has 0 bridgehead atoms. The summed E-state index contributed by atoms with van der Waals surface area (Å²) in [5, 5.41) is 3.11. The van der Waals surface area contributed by atoms with Gasteiger partial charge in [0.1, 0.15) is 0 Å².